The summed E-state index contributed by atoms with van der Waals surface area (Å²) in [4.78, 5) is 2.59. The molecule has 0 radical (unpaired) electrons. The fourth-order valence-corrected chi connectivity index (χ4v) is 2.97. The molecule has 0 saturated carbocycles. The van der Waals surface area contributed by atoms with Crippen LogP contribution in [0.3, 0.4) is 0 Å². The maximum atomic E-state index is 4.29. The Bertz CT molecular complexity index is 567. The first-order chi connectivity index (χ1) is 9.65. The van der Waals surface area contributed by atoms with Crippen molar-refractivity contribution in [3.05, 3.63) is 66.2 Å². The number of benzene rings is 2. The van der Waals surface area contributed by atoms with E-state index >= 15 is 0 Å². The molecule has 2 aromatic carbocycles. The average Bonchev–Trinajstić information content (AvgIpc) is 2.53. The molecule has 20 heavy (non-hydrogen) atoms. The van der Waals surface area contributed by atoms with Gasteiger partial charge < -0.3 is 0 Å². The van der Waals surface area contributed by atoms with E-state index in [1.807, 2.05) is 0 Å². The van der Waals surface area contributed by atoms with Crippen LogP contribution < -0.4 is 0 Å². The Hall–Kier alpha value is -1.12. The molecular formula is C18H20S2. The Morgan fingerprint density at radius 3 is 1.75 bits per heavy atom. The fraction of sp³-hybridized carbons (Fsp3) is 0.222. The highest BCUT2D eigenvalue weighted by molar-refractivity contribution is 7.98. The number of thioether (sulfide) groups is 2. The summed E-state index contributed by atoms with van der Waals surface area (Å²) in [7, 11) is 0. The van der Waals surface area contributed by atoms with Gasteiger partial charge in [0.2, 0.25) is 0 Å². The molecule has 0 nitrogen and oxygen atoms in total. The molecule has 0 saturated heterocycles. The Morgan fingerprint density at radius 1 is 0.850 bits per heavy atom. The van der Waals surface area contributed by atoms with Crippen molar-refractivity contribution in [2.24, 2.45) is 0 Å². The second kappa shape index (κ2) is 7.05. The van der Waals surface area contributed by atoms with Crippen LogP contribution in [0.25, 0.3) is 5.57 Å². The van der Waals surface area contributed by atoms with Crippen molar-refractivity contribution in [3.63, 3.8) is 0 Å². The molecule has 0 aliphatic heterocycles. The Morgan fingerprint density at radius 2 is 1.30 bits per heavy atom. The van der Waals surface area contributed by atoms with Crippen LogP contribution >= 0.6 is 23.5 Å². The van der Waals surface area contributed by atoms with E-state index in [4.69, 9.17) is 0 Å². The predicted octanol–water partition coefficient (Wildman–Crippen LogP) is 5.95. The standard InChI is InChI=1S/C18H20S2/c1-13(15-5-9-17(19-3)10-6-15)14(2)16-7-11-18(20-4)12-8-16/h5-12,14H,1H2,2-4H3/t14-/m1/s1. The third kappa shape index (κ3) is 3.50. The van der Waals surface area contributed by atoms with E-state index in [9.17, 15) is 0 Å². The SMILES string of the molecule is C=C(c1ccc(SC)cc1)[C@@H](C)c1ccc(SC)cc1. The molecule has 0 spiro atoms. The molecule has 0 amide bonds. The van der Waals surface area contributed by atoms with Crippen molar-refractivity contribution in [1.29, 1.82) is 0 Å². The van der Waals surface area contributed by atoms with E-state index in [0.717, 1.165) is 0 Å². The first kappa shape index (κ1) is 15.3. The lowest BCUT2D eigenvalue weighted by atomic mass is 9.89. The van der Waals surface area contributed by atoms with Crippen LogP contribution in [-0.4, -0.2) is 12.5 Å². The molecule has 0 unspecified atom stereocenters. The van der Waals surface area contributed by atoms with Crippen molar-refractivity contribution in [3.8, 4) is 0 Å². The smallest absolute Gasteiger partial charge is 0.00695 e. The van der Waals surface area contributed by atoms with Gasteiger partial charge in [-0.2, -0.15) is 0 Å². The van der Waals surface area contributed by atoms with E-state index in [1.165, 1.54) is 26.5 Å². The van der Waals surface area contributed by atoms with Gasteiger partial charge in [0.05, 0.1) is 0 Å². The monoisotopic (exact) mass is 300 g/mol. The van der Waals surface area contributed by atoms with Gasteiger partial charge in [-0.05, 0) is 53.5 Å². The molecule has 0 aromatic heterocycles. The molecule has 2 aromatic rings. The largest absolute Gasteiger partial charge is 0.130 e. The molecule has 104 valence electrons. The van der Waals surface area contributed by atoms with Gasteiger partial charge in [0.25, 0.3) is 0 Å². The Labute approximate surface area is 130 Å². The molecule has 2 rings (SSSR count). The molecule has 1 atom stereocenters. The minimum absolute atomic E-state index is 0.339. The summed E-state index contributed by atoms with van der Waals surface area (Å²) in [5.41, 5.74) is 3.72. The summed E-state index contributed by atoms with van der Waals surface area (Å²) in [6.45, 7) is 6.51. The van der Waals surface area contributed by atoms with Gasteiger partial charge in [0.15, 0.2) is 0 Å². The quantitative estimate of drug-likeness (QED) is 0.626. The molecule has 0 bridgehead atoms. The van der Waals surface area contributed by atoms with Gasteiger partial charge in [0, 0.05) is 15.7 Å². The van der Waals surface area contributed by atoms with Crippen molar-refractivity contribution in [2.45, 2.75) is 22.6 Å². The zero-order valence-electron chi connectivity index (χ0n) is 12.2. The number of hydrogen-bond donors (Lipinski definition) is 0. The third-order valence-electron chi connectivity index (χ3n) is 3.60. The predicted molar refractivity (Wildman–Crippen MR) is 93.9 cm³/mol. The van der Waals surface area contributed by atoms with Crippen LogP contribution in [0.4, 0.5) is 0 Å². The highest BCUT2D eigenvalue weighted by Gasteiger charge is 2.11. The van der Waals surface area contributed by atoms with Gasteiger partial charge in [-0.3, -0.25) is 0 Å². The minimum Gasteiger partial charge on any atom is -0.130 e. The fourth-order valence-electron chi connectivity index (χ4n) is 2.15. The molecule has 0 aliphatic carbocycles. The minimum atomic E-state index is 0.339. The zero-order valence-corrected chi connectivity index (χ0v) is 13.9. The maximum Gasteiger partial charge on any atom is 0.00695 e. The highest BCUT2D eigenvalue weighted by Crippen LogP contribution is 2.32. The maximum absolute atomic E-state index is 4.29. The van der Waals surface area contributed by atoms with Crippen molar-refractivity contribution in [1.82, 2.24) is 0 Å². The van der Waals surface area contributed by atoms with Gasteiger partial charge in [-0.15, -0.1) is 23.5 Å². The van der Waals surface area contributed by atoms with Gasteiger partial charge in [0.1, 0.15) is 0 Å². The van der Waals surface area contributed by atoms with Crippen molar-refractivity contribution >= 4 is 29.1 Å². The molecule has 2 heteroatoms. The second-order valence-electron chi connectivity index (χ2n) is 4.75. The van der Waals surface area contributed by atoms with Gasteiger partial charge in [-0.1, -0.05) is 37.8 Å². The summed E-state index contributed by atoms with van der Waals surface area (Å²) in [6.07, 6.45) is 4.20. The summed E-state index contributed by atoms with van der Waals surface area (Å²) < 4.78 is 0. The summed E-state index contributed by atoms with van der Waals surface area (Å²) >= 11 is 3.54. The lowest BCUT2D eigenvalue weighted by molar-refractivity contribution is 0.987. The molecule has 0 aliphatic rings. The second-order valence-corrected chi connectivity index (χ2v) is 6.51. The lowest BCUT2D eigenvalue weighted by Gasteiger charge is -2.16. The number of allylic oxidation sites excluding steroid dienone is 1. The Balaban J connectivity index is 2.17. The first-order valence-electron chi connectivity index (χ1n) is 6.63. The van der Waals surface area contributed by atoms with Crippen LogP contribution in [0.5, 0.6) is 0 Å². The van der Waals surface area contributed by atoms with Crippen molar-refractivity contribution in [2.75, 3.05) is 12.5 Å². The summed E-state index contributed by atoms with van der Waals surface area (Å²) in [5.74, 6) is 0.339. The van der Waals surface area contributed by atoms with E-state index in [1.54, 1.807) is 23.5 Å². The van der Waals surface area contributed by atoms with Crippen LogP contribution in [0.15, 0.2) is 64.9 Å². The average molecular weight is 300 g/mol. The molecule has 0 fully saturated rings. The van der Waals surface area contributed by atoms with Gasteiger partial charge >= 0.3 is 0 Å². The molecular weight excluding hydrogens is 280 g/mol. The number of hydrogen-bond acceptors (Lipinski definition) is 2. The topological polar surface area (TPSA) is 0 Å². The van der Waals surface area contributed by atoms with E-state index in [2.05, 4.69) is 74.5 Å². The molecule has 0 N–H and O–H groups in total. The van der Waals surface area contributed by atoms with E-state index in [0.29, 0.717) is 5.92 Å². The van der Waals surface area contributed by atoms with Crippen LogP contribution in [-0.2, 0) is 0 Å². The van der Waals surface area contributed by atoms with E-state index < -0.39 is 0 Å². The highest BCUT2D eigenvalue weighted by atomic mass is 32.2. The third-order valence-corrected chi connectivity index (χ3v) is 5.09. The van der Waals surface area contributed by atoms with Crippen LogP contribution in [0.1, 0.15) is 24.0 Å². The summed E-state index contributed by atoms with van der Waals surface area (Å²) in [6, 6.07) is 17.4. The normalized spacial score (nSPS) is 12.2. The lowest BCUT2D eigenvalue weighted by Crippen LogP contribution is -1.96. The van der Waals surface area contributed by atoms with Crippen LogP contribution in [0, 0.1) is 0 Å². The first-order valence-corrected chi connectivity index (χ1v) is 9.08. The van der Waals surface area contributed by atoms with Crippen LogP contribution in [0.2, 0.25) is 0 Å². The molecule has 0 heterocycles. The zero-order chi connectivity index (χ0) is 14.5. The van der Waals surface area contributed by atoms with E-state index in [-0.39, 0.29) is 0 Å². The Kier molecular flexibility index (Phi) is 5.38. The van der Waals surface area contributed by atoms with Gasteiger partial charge in [-0.25, -0.2) is 0 Å². The summed E-state index contributed by atoms with van der Waals surface area (Å²) in [5, 5.41) is 0. The number of rotatable bonds is 5. The van der Waals surface area contributed by atoms with Crippen molar-refractivity contribution < 1.29 is 0 Å².